The zero-order valence-corrected chi connectivity index (χ0v) is 15.3. The Kier molecular flexibility index (Phi) is 6.27. The van der Waals surface area contributed by atoms with Crippen molar-refractivity contribution in [3.8, 4) is 0 Å². The Hall–Kier alpha value is -3.10. The van der Waals surface area contributed by atoms with E-state index in [1.54, 1.807) is 30.3 Å². The second-order valence-electron chi connectivity index (χ2n) is 6.59. The summed E-state index contributed by atoms with van der Waals surface area (Å²) in [6.45, 7) is 2.79. The third-order valence-corrected chi connectivity index (χ3v) is 4.17. The summed E-state index contributed by atoms with van der Waals surface area (Å²) < 4.78 is 40.0. The first-order chi connectivity index (χ1) is 13.0. The number of nitrogens with zero attached hydrogens (tertiary/aromatic N) is 1. The summed E-state index contributed by atoms with van der Waals surface area (Å²) in [5.74, 6) is -2.02. The molecule has 0 aliphatic carbocycles. The molecule has 0 aliphatic rings. The molecule has 1 atom stereocenters. The molecule has 0 unspecified atom stereocenters. The zero-order valence-electron chi connectivity index (χ0n) is 15.3. The van der Waals surface area contributed by atoms with Crippen LogP contribution in [0.1, 0.15) is 41.5 Å². The van der Waals surface area contributed by atoms with Gasteiger partial charge in [-0.15, -0.1) is 0 Å². The Balaban J connectivity index is 2.38. The summed E-state index contributed by atoms with van der Waals surface area (Å²) >= 11 is 0. The predicted octanol–water partition coefficient (Wildman–Crippen LogP) is 2.48. The molecule has 0 fully saturated rings. The Morgan fingerprint density at radius 3 is 2.21 bits per heavy atom. The van der Waals surface area contributed by atoms with Gasteiger partial charge in [0.1, 0.15) is 17.8 Å². The molecule has 0 spiro atoms. The number of nitrogens with one attached hydrogen (secondary N) is 1. The summed E-state index contributed by atoms with van der Waals surface area (Å²) in [5.41, 5.74) is 2.59. The lowest BCUT2D eigenvalue weighted by atomic mass is 9.96. The third-order valence-electron chi connectivity index (χ3n) is 4.17. The predicted molar refractivity (Wildman–Crippen MR) is 96.4 cm³/mol. The van der Waals surface area contributed by atoms with Crippen molar-refractivity contribution in [1.29, 1.82) is 0 Å². The Bertz CT molecular complexity index is 922. The van der Waals surface area contributed by atoms with Crippen LogP contribution in [0, 0.1) is 5.92 Å². The standard InChI is InChI=1S/C19H20F3N3O3/c1-11(2)16(12-6-4-3-5-7-12)24-15(26)10-25-14(19(20,21)22)9-8-13(17(23)27)18(25)28/h3-9,11,16H,10H2,1-2H3,(H2,23,27)(H,24,26)/t16-/m1/s1. The largest absolute Gasteiger partial charge is 0.431 e. The van der Waals surface area contributed by atoms with Crippen LogP contribution in [0.25, 0.3) is 0 Å². The quantitative estimate of drug-likeness (QED) is 0.787. The molecule has 0 radical (unpaired) electrons. The molecule has 1 aromatic carbocycles. The highest BCUT2D eigenvalue weighted by Gasteiger charge is 2.35. The Labute approximate surface area is 159 Å². The van der Waals surface area contributed by atoms with Gasteiger partial charge in [-0.05, 0) is 23.6 Å². The lowest BCUT2D eigenvalue weighted by Gasteiger charge is -2.24. The van der Waals surface area contributed by atoms with E-state index < -0.39 is 47.4 Å². The number of hydrogen-bond donors (Lipinski definition) is 2. The average molecular weight is 395 g/mol. The second kappa shape index (κ2) is 8.28. The van der Waals surface area contributed by atoms with Crippen LogP contribution in [0.2, 0.25) is 0 Å². The van der Waals surface area contributed by atoms with Crippen LogP contribution >= 0.6 is 0 Å². The highest BCUT2D eigenvalue weighted by atomic mass is 19.4. The van der Waals surface area contributed by atoms with Crippen LogP contribution < -0.4 is 16.6 Å². The SMILES string of the molecule is CC(C)[C@@H](NC(=O)Cn1c(C(F)(F)F)ccc(C(N)=O)c1=O)c1ccccc1. The number of primary amides is 1. The van der Waals surface area contributed by atoms with Gasteiger partial charge in [0.25, 0.3) is 11.5 Å². The van der Waals surface area contributed by atoms with E-state index in [4.69, 9.17) is 5.73 Å². The minimum absolute atomic E-state index is 0.0536. The second-order valence-corrected chi connectivity index (χ2v) is 6.59. The monoisotopic (exact) mass is 395 g/mol. The van der Waals surface area contributed by atoms with Gasteiger partial charge in [0.2, 0.25) is 5.91 Å². The number of carbonyl (C=O) groups is 2. The number of carbonyl (C=O) groups excluding carboxylic acids is 2. The first-order valence-corrected chi connectivity index (χ1v) is 8.47. The highest BCUT2D eigenvalue weighted by molar-refractivity contribution is 5.92. The molecule has 0 bridgehead atoms. The maximum absolute atomic E-state index is 13.3. The van der Waals surface area contributed by atoms with Crippen molar-refractivity contribution in [2.24, 2.45) is 11.7 Å². The molecule has 150 valence electrons. The van der Waals surface area contributed by atoms with Crippen molar-refractivity contribution in [2.45, 2.75) is 32.6 Å². The number of alkyl halides is 3. The summed E-state index contributed by atoms with van der Waals surface area (Å²) in [7, 11) is 0. The van der Waals surface area contributed by atoms with Crippen molar-refractivity contribution >= 4 is 11.8 Å². The maximum atomic E-state index is 13.3. The molecule has 28 heavy (non-hydrogen) atoms. The van der Waals surface area contributed by atoms with Crippen LogP contribution in [-0.4, -0.2) is 16.4 Å². The van der Waals surface area contributed by atoms with Gasteiger partial charge in [-0.1, -0.05) is 44.2 Å². The molecule has 0 saturated heterocycles. The summed E-state index contributed by atoms with van der Waals surface area (Å²) in [5, 5.41) is 2.65. The third kappa shape index (κ3) is 4.79. The van der Waals surface area contributed by atoms with Gasteiger partial charge >= 0.3 is 6.18 Å². The molecule has 3 N–H and O–H groups in total. The van der Waals surface area contributed by atoms with Crippen molar-refractivity contribution < 1.29 is 22.8 Å². The molecule has 2 amide bonds. The summed E-state index contributed by atoms with van der Waals surface area (Å²) in [6, 6.07) is 9.73. The fourth-order valence-electron chi connectivity index (χ4n) is 2.83. The first kappa shape index (κ1) is 21.2. The molecule has 6 nitrogen and oxygen atoms in total. The average Bonchev–Trinajstić information content (AvgIpc) is 2.60. The van der Waals surface area contributed by atoms with Crippen LogP contribution in [0.5, 0.6) is 0 Å². The first-order valence-electron chi connectivity index (χ1n) is 8.47. The summed E-state index contributed by atoms with van der Waals surface area (Å²) in [4.78, 5) is 36.0. The molecule has 1 heterocycles. The van der Waals surface area contributed by atoms with Crippen molar-refractivity contribution in [1.82, 2.24) is 9.88 Å². The smallest absolute Gasteiger partial charge is 0.365 e. The van der Waals surface area contributed by atoms with E-state index in [2.05, 4.69) is 5.32 Å². The van der Waals surface area contributed by atoms with Crippen LogP contribution in [0.15, 0.2) is 47.3 Å². The Morgan fingerprint density at radius 2 is 1.71 bits per heavy atom. The van der Waals surface area contributed by atoms with Gasteiger partial charge in [0.15, 0.2) is 0 Å². The van der Waals surface area contributed by atoms with Crippen molar-refractivity contribution in [3.05, 3.63) is 69.6 Å². The number of aromatic nitrogens is 1. The van der Waals surface area contributed by atoms with Crippen LogP contribution in [0.3, 0.4) is 0 Å². The van der Waals surface area contributed by atoms with E-state index >= 15 is 0 Å². The number of nitrogens with two attached hydrogens (primary N) is 1. The van der Waals surface area contributed by atoms with Gasteiger partial charge in [0, 0.05) is 0 Å². The van der Waals surface area contributed by atoms with E-state index in [1.807, 2.05) is 13.8 Å². The molecule has 9 heteroatoms. The normalized spacial score (nSPS) is 12.6. The number of pyridine rings is 1. The number of hydrogen-bond acceptors (Lipinski definition) is 3. The van der Waals surface area contributed by atoms with Crippen molar-refractivity contribution in [2.75, 3.05) is 0 Å². The molecular formula is C19H20F3N3O3. The lowest BCUT2D eigenvalue weighted by molar-refractivity contribution is -0.144. The molecule has 2 aromatic rings. The van der Waals surface area contributed by atoms with Crippen molar-refractivity contribution in [3.63, 3.8) is 0 Å². The highest BCUT2D eigenvalue weighted by Crippen LogP contribution is 2.28. The molecule has 1 aromatic heterocycles. The minimum Gasteiger partial charge on any atom is -0.365 e. The molecule has 0 aliphatic heterocycles. The van der Waals surface area contributed by atoms with E-state index in [-0.39, 0.29) is 10.5 Å². The summed E-state index contributed by atoms with van der Waals surface area (Å²) in [6.07, 6.45) is -4.88. The fraction of sp³-hybridized carbons (Fsp3) is 0.316. The fourth-order valence-corrected chi connectivity index (χ4v) is 2.83. The zero-order chi connectivity index (χ0) is 21.1. The Morgan fingerprint density at radius 1 is 1.11 bits per heavy atom. The van der Waals surface area contributed by atoms with Gasteiger partial charge in [-0.25, -0.2) is 0 Å². The van der Waals surface area contributed by atoms with Crippen LogP contribution in [0.4, 0.5) is 13.2 Å². The van der Waals surface area contributed by atoms with Crippen LogP contribution in [-0.2, 0) is 17.5 Å². The minimum atomic E-state index is -4.88. The van der Waals surface area contributed by atoms with E-state index in [1.165, 1.54) is 0 Å². The number of halogens is 3. The van der Waals surface area contributed by atoms with E-state index in [0.717, 1.165) is 5.56 Å². The van der Waals surface area contributed by atoms with E-state index in [0.29, 0.717) is 12.1 Å². The number of amides is 2. The molecule has 2 rings (SSSR count). The molecule has 0 saturated carbocycles. The lowest BCUT2D eigenvalue weighted by Crippen LogP contribution is -2.40. The topological polar surface area (TPSA) is 94.2 Å². The number of benzene rings is 1. The number of rotatable bonds is 6. The molecular weight excluding hydrogens is 375 g/mol. The maximum Gasteiger partial charge on any atom is 0.431 e. The van der Waals surface area contributed by atoms with Gasteiger partial charge in [-0.2, -0.15) is 13.2 Å². The van der Waals surface area contributed by atoms with Gasteiger partial charge < -0.3 is 11.1 Å². The van der Waals surface area contributed by atoms with Gasteiger partial charge in [0.05, 0.1) is 6.04 Å². The van der Waals surface area contributed by atoms with E-state index in [9.17, 15) is 27.6 Å². The van der Waals surface area contributed by atoms with Gasteiger partial charge in [-0.3, -0.25) is 19.0 Å².